The van der Waals surface area contributed by atoms with Crippen molar-refractivity contribution in [3.8, 4) is 0 Å². The van der Waals surface area contributed by atoms with Gasteiger partial charge in [0, 0.05) is 19.2 Å². The fourth-order valence-corrected chi connectivity index (χ4v) is 2.32. The summed E-state index contributed by atoms with van der Waals surface area (Å²) in [5.74, 6) is -2.81. The van der Waals surface area contributed by atoms with Crippen LogP contribution in [0.15, 0.2) is 18.5 Å². The molecule has 0 spiro atoms. The smallest absolute Gasteiger partial charge is 0.343 e. The van der Waals surface area contributed by atoms with Gasteiger partial charge in [-0.15, -0.1) is 0 Å². The van der Waals surface area contributed by atoms with E-state index in [-0.39, 0.29) is 31.7 Å². The number of anilines is 1. The number of hydrogen-bond donors (Lipinski definition) is 0. The van der Waals surface area contributed by atoms with E-state index in [9.17, 15) is 13.6 Å². The van der Waals surface area contributed by atoms with Gasteiger partial charge >= 0.3 is 5.97 Å². The third-order valence-corrected chi connectivity index (χ3v) is 3.34. The lowest BCUT2D eigenvalue weighted by molar-refractivity contribution is 0.0256. The van der Waals surface area contributed by atoms with Gasteiger partial charge in [-0.1, -0.05) is 0 Å². The normalized spacial score (nSPS) is 17.4. The Morgan fingerprint density at radius 2 is 2.33 bits per heavy atom. The molecular formula is C13H14F2N4O2. The van der Waals surface area contributed by atoms with E-state index in [1.165, 1.54) is 15.6 Å². The maximum absolute atomic E-state index is 13.3. The van der Waals surface area contributed by atoms with Gasteiger partial charge in [0.15, 0.2) is 5.65 Å². The molecule has 0 radical (unpaired) electrons. The highest BCUT2D eigenvalue weighted by atomic mass is 19.3. The number of halogens is 2. The number of hydrogen-bond acceptors (Lipinski definition) is 5. The summed E-state index contributed by atoms with van der Waals surface area (Å²) in [5, 5.41) is 4.00. The van der Waals surface area contributed by atoms with Crippen LogP contribution in [0.3, 0.4) is 0 Å². The minimum Gasteiger partial charge on any atom is -0.462 e. The van der Waals surface area contributed by atoms with Crippen LogP contribution in [-0.4, -0.2) is 46.2 Å². The molecular weight excluding hydrogens is 282 g/mol. The fraction of sp³-hybridized carbons (Fsp3) is 0.462. The Morgan fingerprint density at radius 3 is 3.00 bits per heavy atom. The van der Waals surface area contributed by atoms with Gasteiger partial charge in [-0.25, -0.2) is 23.1 Å². The number of aromatic nitrogens is 3. The van der Waals surface area contributed by atoms with Crippen molar-refractivity contribution >= 4 is 17.4 Å². The van der Waals surface area contributed by atoms with Crippen LogP contribution in [0.4, 0.5) is 14.6 Å². The summed E-state index contributed by atoms with van der Waals surface area (Å²) in [6, 6.07) is 1.61. The Balaban J connectivity index is 1.95. The molecule has 1 saturated heterocycles. The first-order valence-electron chi connectivity index (χ1n) is 6.64. The number of esters is 1. The van der Waals surface area contributed by atoms with E-state index in [4.69, 9.17) is 4.74 Å². The SMILES string of the molecule is CCOC(=O)c1cnn2ccc(N3CCC(F)(F)C3)nc12. The van der Waals surface area contributed by atoms with Crippen molar-refractivity contribution in [2.45, 2.75) is 19.3 Å². The number of ether oxygens (including phenoxy) is 1. The number of carbonyl (C=O) groups is 1. The molecule has 0 saturated carbocycles. The molecule has 3 heterocycles. The Hall–Kier alpha value is -2.25. The zero-order valence-electron chi connectivity index (χ0n) is 11.4. The molecule has 0 unspecified atom stereocenters. The van der Waals surface area contributed by atoms with Crippen LogP contribution in [0.1, 0.15) is 23.7 Å². The van der Waals surface area contributed by atoms with Crippen molar-refractivity contribution in [1.29, 1.82) is 0 Å². The highest BCUT2D eigenvalue weighted by Crippen LogP contribution is 2.30. The minimum absolute atomic E-state index is 0.191. The molecule has 0 bridgehead atoms. The molecule has 0 N–H and O–H groups in total. The molecule has 2 aromatic rings. The van der Waals surface area contributed by atoms with Crippen molar-refractivity contribution in [3.05, 3.63) is 24.0 Å². The summed E-state index contributed by atoms with van der Waals surface area (Å²) < 4.78 is 32.9. The molecule has 0 atom stereocenters. The minimum atomic E-state index is -2.70. The third-order valence-electron chi connectivity index (χ3n) is 3.34. The zero-order valence-corrected chi connectivity index (χ0v) is 11.4. The average Bonchev–Trinajstić information content (AvgIpc) is 3.01. The number of fused-ring (bicyclic) bond motifs is 1. The van der Waals surface area contributed by atoms with Crippen molar-refractivity contribution in [3.63, 3.8) is 0 Å². The van der Waals surface area contributed by atoms with Gasteiger partial charge in [0.2, 0.25) is 0 Å². The van der Waals surface area contributed by atoms with E-state index in [2.05, 4.69) is 10.1 Å². The number of nitrogens with zero attached hydrogens (tertiary/aromatic N) is 4. The maximum Gasteiger partial charge on any atom is 0.343 e. The molecule has 0 aromatic carbocycles. The van der Waals surface area contributed by atoms with E-state index in [0.717, 1.165) is 0 Å². The number of rotatable bonds is 3. The van der Waals surface area contributed by atoms with Crippen molar-refractivity contribution in [2.75, 3.05) is 24.6 Å². The molecule has 6 nitrogen and oxygen atoms in total. The van der Waals surface area contributed by atoms with E-state index in [1.54, 1.807) is 19.2 Å². The van der Waals surface area contributed by atoms with Gasteiger partial charge in [0.05, 0.1) is 19.3 Å². The van der Waals surface area contributed by atoms with E-state index < -0.39 is 11.9 Å². The lowest BCUT2D eigenvalue weighted by Gasteiger charge is -2.16. The van der Waals surface area contributed by atoms with Gasteiger partial charge in [0.25, 0.3) is 5.92 Å². The second-order valence-electron chi connectivity index (χ2n) is 4.86. The van der Waals surface area contributed by atoms with E-state index >= 15 is 0 Å². The van der Waals surface area contributed by atoms with Crippen LogP contribution in [0.5, 0.6) is 0 Å². The topological polar surface area (TPSA) is 59.7 Å². The number of alkyl halides is 2. The molecule has 8 heteroatoms. The van der Waals surface area contributed by atoms with Gasteiger partial charge < -0.3 is 9.64 Å². The lowest BCUT2D eigenvalue weighted by atomic mass is 10.3. The van der Waals surface area contributed by atoms with Gasteiger partial charge in [0.1, 0.15) is 11.4 Å². The fourth-order valence-electron chi connectivity index (χ4n) is 2.32. The molecule has 21 heavy (non-hydrogen) atoms. The van der Waals surface area contributed by atoms with Crippen molar-refractivity contribution < 1.29 is 18.3 Å². The molecule has 112 valence electrons. The second kappa shape index (κ2) is 4.94. The maximum atomic E-state index is 13.3. The molecule has 1 aliphatic heterocycles. The van der Waals surface area contributed by atoms with Crippen LogP contribution in [0, 0.1) is 0 Å². The predicted molar refractivity (Wildman–Crippen MR) is 70.7 cm³/mol. The highest BCUT2D eigenvalue weighted by Gasteiger charge is 2.38. The average molecular weight is 296 g/mol. The van der Waals surface area contributed by atoms with Crippen LogP contribution in [0.25, 0.3) is 5.65 Å². The van der Waals surface area contributed by atoms with E-state index in [1.807, 2.05) is 0 Å². The van der Waals surface area contributed by atoms with Crippen LogP contribution >= 0.6 is 0 Å². The van der Waals surface area contributed by atoms with Gasteiger partial charge in [-0.2, -0.15) is 5.10 Å². The van der Waals surface area contributed by atoms with Gasteiger partial charge in [-0.05, 0) is 13.0 Å². The Morgan fingerprint density at radius 1 is 1.52 bits per heavy atom. The molecule has 2 aromatic heterocycles. The third kappa shape index (κ3) is 2.53. The predicted octanol–water partition coefficient (Wildman–Crippen LogP) is 1.75. The molecule has 3 rings (SSSR count). The van der Waals surface area contributed by atoms with Gasteiger partial charge in [-0.3, -0.25) is 0 Å². The lowest BCUT2D eigenvalue weighted by Crippen LogP contribution is -2.25. The Labute approximate surface area is 119 Å². The van der Waals surface area contributed by atoms with Crippen LogP contribution in [0.2, 0.25) is 0 Å². The quantitative estimate of drug-likeness (QED) is 0.808. The van der Waals surface area contributed by atoms with Crippen LogP contribution in [-0.2, 0) is 4.74 Å². The molecule has 0 amide bonds. The molecule has 1 aliphatic rings. The van der Waals surface area contributed by atoms with Crippen molar-refractivity contribution in [1.82, 2.24) is 14.6 Å². The standard InChI is InChI=1S/C13H14F2N4O2/c1-2-21-12(20)9-7-16-19-5-3-10(17-11(9)19)18-6-4-13(14,15)8-18/h3,5,7H,2,4,6,8H2,1H3. The Bertz CT molecular complexity index is 686. The first kappa shape index (κ1) is 13.7. The summed E-state index contributed by atoms with van der Waals surface area (Å²) in [6.45, 7) is 1.82. The van der Waals surface area contributed by atoms with Crippen LogP contribution < -0.4 is 4.90 Å². The summed E-state index contributed by atoms with van der Waals surface area (Å²) >= 11 is 0. The number of carbonyl (C=O) groups excluding carboxylic acids is 1. The first-order chi connectivity index (χ1) is 10.00. The van der Waals surface area contributed by atoms with Crippen molar-refractivity contribution in [2.24, 2.45) is 0 Å². The zero-order chi connectivity index (χ0) is 15.0. The highest BCUT2D eigenvalue weighted by molar-refractivity contribution is 5.95. The summed E-state index contributed by atoms with van der Waals surface area (Å²) in [7, 11) is 0. The monoisotopic (exact) mass is 296 g/mol. The largest absolute Gasteiger partial charge is 0.462 e. The molecule has 0 aliphatic carbocycles. The second-order valence-corrected chi connectivity index (χ2v) is 4.86. The first-order valence-corrected chi connectivity index (χ1v) is 6.64. The summed E-state index contributed by atoms with van der Waals surface area (Å²) in [5.41, 5.74) is 0.533. The molecule has 1 fully saturated rings. The van der Waals surface area contributed by atoms with E-state index in [0.29, 0.717) is 11.5 Å². The summed E-state index contributed by atoms with van der Waals surface area (Å²) in [4.78, 5) is 17.6. The summed E-state index contributed by atoms with van der Waals surface area (Å²) in [6.07, 6.45) is 2.77. The Kier molecular flexibility index (Phi) is 3.23.